The number of carboxylic acid groups (broad SMARTS) is 1. The van der Waals surface area contributed by atoms with E-state index >= 15 is 0 Å². The molecule has 9 heteroatoms. The number of benzene rings is 1. The van der Waals surface area contributed by atoms with Gasteiger partial charge in [-0.05, 0) is 6.07 Å². The molecule has 16 heavy (non-hydrogen) atoms. The van der Waals surface area contributed by atoms with Gasteiger partial charge in [-0.3, -0.25) is 20.2 Å². The molecule has 0 fully saturated rings. The molecule has 0 saturated heterocycles. The standard InChI is InChI=1S/C7H4N2O6.Li/c10-7(11)5-2-1-4(8(12)13)3-6(5)9(14)15;/h1-3H,(H,10,11);/q;+1/p-1. The molecule has 8 nitrogen and oxygen atoms in total. The van der Waals surface area contributed by atoms with Crippen LogP contribution >= 0.6 is 0 Å². The van der Waals surface area contributed by atoms with Gasteiger partial charge in [0.2, 0.25) is 0 Å². The predicted octanol–water partition coefficient (Wildman–Crippen LogP) is -3.13. The van der Waals surface area contributed by atoms with E-state index in [2.05, 4.69) is 0 Å². The molecule has 1 aromatic carbocycles. The van der Waals surface area contributed by atoms with E-state index in [4.69, 9.17) is 0 Å². The average Bonchev–Trinajstić information content (AvgIpc) is 2.16. The molecule has 0 bridgehead atoms. The maximum absolute atomic E-state index is 10.4. The van der Waals surface area contributed by atoms with Crippen molar-refractivity contribution in [2.45, 2.75) is 0 Å². The maximum atomic E-state index is 10.4. The Labute approximate surface area is 100 Å². The quantitative estimate of drug-likeness (QED) is 0.300. The van der Waals surface area contributed by atoms with Crippen molar-refractivity contribution in [3.63, 3.8) is 0 Å². The number of rotatable bonds is 3. The summed E-state index contributed by atoms with van der Waals surface area (Å²) in [7, 11) is 0. The molecule has 0 unspecified atom stereocenters. The summed E-state index contributed by atoms with van der Waals surface area (Å²) in [6.07, 6.45) is 0. The Morgan fingerprint density at radius 2 is 1.69 bits per heavy atom. The zero-order valence-electron chi connectivity index (χ0n) is 8.08. The number of carboxylic acids is 1. The zero-order valence-corrected chi connectivity index (χ0v) is 8.08. The summed E-state index contributed by atoms with van der Waals surface area (Å²) in [6, 6.07) is 2.20. The first-order valence-corrected chi connectivity index (χ1v) is 3.57. The van der Waals surface area contributed by atoms with Gasteiger partial charge in [0.1, 0.15) is 0 Å². The van der Waals surface area contributed by atoms with E-state index in [-0.39, 0.29) is 18.9 Å². The normalized spacial score (nSPS) is 9.00. The molecule has 0 spiro atoms. The Morgan fingerprint density at radius 3 is 2.06 bits per heavy atom. The van der Waals surface area contributed by atoms with Crippen LogP contribution in [0.25, 0.3) is 0 Å². The molecule has 0 radical (unpaired) electrons. The summed E-state index contributed by atoms with van der Waals surface area (Å²) in [5.74, 6) is -1.75. The number of nitro benzene ring substituents is 2. The number of carbonyl (C=O) groups excluding carboxylic acids is 1. The third kappa shape index (κ3) is 2.79. The van der Waals surface area contributed by atoms with Crippen molar-refractivity contribution in [1.29, 1.82) is 0 Å². The van der Waals surface area contributed by atoms with Crippen LogP contribution in [0.1, 0.15) is 10.4 Å². The van der Waals surface area contributed by atoms with Gasteiger partial charge in [0.25, 0.3) is 11.4 Å². The van der Waals surface area contributed by atoms with Crippen molar-refractivity contribution in [3.8, 4) is 0 Å². The van der Waals surface area contributed by atoms with Gasteiger partial charge in [0.05, 0.1) is 27.4 Å². The summed E-state index contributed by atoms with van der Waals surface area (Å²) in [5.41, 5.74) is -2.10. The van der Waals surface area contributed by atoms with Crippen molar-refractivity contribution in [2.75, 3.05) is 0 Å². The van der Waals surface area contributed by atoms with Crippen molar-refractivity contribution in [2.24, 2.45) is 0 Å². The van der Waals surface area contributed by atoms with Crippen LogP contribution in [0.3, 0.4) is 0 Å². The molecule has 0 atom stereocenters. The van der Waals surface area contributed by atoms with E-state index in [1.54, 1.807) is 0 Å². The Bertz CT molecular complexity index is 460. The number of nitrogens with zero attached hydrogens (tertiary/aromatic N) is 2. The Kier molecular flexibility index (Phi) is 4.62. The number of aromatic carboxylic acids is 1. The molecule has 0 N–H and O–H groups in total. The van der Waals surface area contributed by atoms with E-state index in [1.165, 1.54) is 0 Å². The van der Waals surface area contributed by atoms with Crippen molar-refractivity contribution < 1.29 is 38.6 Å². The zero-order chi connectivity index (χ0) is 11.6. The summed E-state index contributed by atoms with van der Waals surface area (Å²) >= 11 is 0. The summed E-state index contributed by atoms with van der Waals surface area (Å²) in [6.45, 7) is 0. The van der Waals surface area contributed by atoms with Crippen LogP contribution in [0.4, 0.5) is 11.4 Å². The minimum Gasteiger partial charge on any atom is -0.545 e. The average molecular weight is 218 g/mol. The van der Waals surface area contributed by atoms with Crippen LogP contribution in [-0.2, 0) is 0 Å². The van der Waals surface area contributed by atoms with E-state index in [9.17, 15) is 30.1 Å². The number of non-ortho nitro benzene ring substituents is 1. The monoisotopic (exact) mass is 218 g/mol. The van der Waals surface area contributed by atoms with Gasteiger partial charge in [0.15, 0.2) is 0 Å². The van der Waals surface area contributed by atoms with Crippen LogP contribution in [0.2, 0.25) is 0 Å². The van der Waals surface area contributed by atoms with Crippen LogP contribution < -0.4 is 24.0 Å². The fourth-order valence-corrected chi connectivity index (χ4v) is 0.957. The van der Waals surface area contributed by atoms with E-state index in [1.807, 2.05) is 0 Å². The topological polar surface area (TPSA) is 126 Å². The third-order valence-corrected chi connectivity index (χ3v) is 1.61. The first-order valence-electron chi connectivity index (χ1n) is 3.57. The number of hydrogen-bond donors (Lipinski definition) is 0. The predicted molar refractivity (Wildman–Crippen MR) is 44.1 cm³/mol. The van der Waals surface area contributed by atoms with E-state index in [0.717, 1.165) is 12.1 Å². The fraction of sp³-hybridized carbons (Fsp3) is 0. The van der Waals surface area contributed by atoms with Gasteiger partial charge in [-0.15, -0.1) is 0 Å². The second-order valence-electron chi connectivity index (χ2n) is 2.50. The molecule has 1 aromatic rings. The molecule has 0 aliphatic carbocycles. The second kappa shape index (κ2) is 5.25. The Morgan fingerprint density at radius 1 is 1.12 bits per heavy atom. The number of carbonyl (C=O) groups is 1. The van der Waals surface area contributed by atoms with Crippen molar-refractivity contribution in [1.82, 2.24) is 0 Å². The smallest absolute Gasteiger partial charge is 0.545 e. The van der Waals surface area contributed by atoms with E-state index in [0.29, 0.717) is 6.07 Å². The largest absolute Gasteiger partial charge is 1.00 e. The van der Waals surface area contributed by atoms with Crippen LogP contribution in [0, 0.1) is 20.2 Å². The Hall–Kier alpha value is -1.91. The van der Waals surface area contributed by atoms with Crippen LogP contribution in [0.5, 0.6) is 0 Å². The minimum atomic E-state index is -1.75. The first-order chi connectivity index (χ1) is 6.93. The summed E-state index contributed by atoms with van der Waals surface area (Å²) in [5, 5.41) is 31.1. The van der Waals surface area contributed by atoms with Crippen molar-refractivity contribution in [3.05, 3.63) is 44.0 Å². The number of nitro groups is 2. The van der Waals surface area contributed by atoms with Gasteiger partial charge < -0.3 is 9.90 Å². The van der Waals surface area contributed by atoms with Gasteiger partial charge >= 0.3 is 18.9 Å². The van der Waals surface area contributed by atoms with Gasteiger partial charge in [-0.1, -0.05) is 0 Å². The molecule has 0 amide bonds. The van der Waals surface area contributed by atoms with Gasteiger partial charge in [-0.2, -0.15) is 0 Å². The molecule has 0 aliphatic heterocycles. The maximum Gasteiger partial charge on any atom is 1.00 e. The minimum absolute atomic E-state index is 0. The van der Waals surface area contributed by atoms with Crippen molar-refractivity contribution >= 4 is 17.3 Å². The molecule has 0 saturated carbocycles. The molecular weight excluding hydrogens is 215 g/mol. The van der Waals surface area contributed by atoms with Crippen LogP contribution in [0.15, 0.2) is 18.2 Å². The molecular formula is C7H3LiN2O6. The van der Waals surface area contributed by atoms with E-state index < -0.39 is 32.8 Å². The number of hydrogen-bond acceptors (Lipinski definition) is 6. The SMILES string of the molecule is O=C([O-])c1ccc([N+](=O)[O-])cc1[N+](=O)[O-].[Li+]. The molecule has 0 heterocycles. The first kappa shape index (κ1) is 14.1. The fourth-order valence-electron chi connectivity index (χ4n) is 0.957. The third-order valence-electron chi connectivity index (χ3n) is 1.61. The molecule has 0 aliphatic rings. The van der Waals surface area contributed by atoms with Gasteiger partial charge in [-0.25, -0.2) is 0 Å². The van der Waals surface area contributed by atoms with Gasteiger partial charge in [0, 0.05) is 6.07 Å². The molecule has 0 aromatic heterocycles. The van der Waals surface area contributed by atoms with Crippen LogP contribution in [-0.4, -0.2) is 15.8 Å². The summed E-state index contributed by atoms with van der Waals surface area (Å²) in [4.78, 5) is 29.2. The molecule has 1 rings (SSSR count). The molecule has 78 valence electrons. The second-order valence-corrected chi connectivity index (χ2v) is 2.50. The Balaban J connectivity index is 0.00000225. The summed E-state index contributed by atoms with van der Waals surface area (Å²) < 4.78 is 0.